The van der Waals surface area contributed by atoms with Gasteiger partial charge in [-0.3, -0.25) is 4.68 Å². The Morgan fingerprint density at radius 3 is 2.59 bits per heavy atom. The molecular weight excluding hydrogens is 210 g/mol. The topological polar surface area (TPSA) is 43.8 Å². The van der Waals surface area contributed by atoms with E-state index in [9.17, 15) is 0 Å². The molecular formula is C14H27N3. The molecule has 0 bridgehead atoms. The van der Waals surface area contributed by atoms with Crippen LogP contribution in [-0.4, -0.2) is 9.78 Å². The van der Waals surface area contributed by atoms with E-state index in [0.29, 0.717) is 0 Å². The molecule has 98 valence electrons. The van der Waals surface area contributed by atoms with Crippen molar-refractivity contribution in [3.63, 3.8) is 0 Å². The molecule has 0 aliphatic rings. The predicted molar refractivity (Wildman–Crippen MR) is 72.8 cm³/mol. The van der Waals surface area contributed by atoms with Crippen LogP contribution in [0.5, 0.6) is 0 Å². The second kappa shape index (κ2) is 8.29. The number of aromatic nitrogens is 2. The molecule has 2 N–H and O–H groups in total. The first-order valence-corrected chi connectivity index (χ1v) is 7.05. The fraction of sp³-hybridized carbons (Fsp3) is 0.786. The average Bonchev–Trinajstić information content (AvgIpc) is 2.81. The van der Waals surface area contributed by atoms with Gasteiger partial charge < -0.3 is 5.73 Å². The first kappa shape index (κ1) is 14.2. The summed E-state index contributed by atoms with van der Waals surface area (Å²) in [7, 11) is 0. The van der Waals surface area contributed by atoms with Crippen LogP contribution in [0.1, 0.15) is 70.4 Å². The Hall–Kier alpha value is -0.830. The monoisotopic (exact) mass is 237 g/mol. The zero-order valence-electron chi connectivity index (χ0n) is 11.4. The largest absolute Gasteiger partial charge is 0.324 e. The fourth-order valence-corrected chi connectivity index (χ4v) is 1.98. The van der Waals surface area contributed by atoms with Crippen LogP contribution in [0.4, 0.5) is 0 Å². The van der Waals surface area contributed by atoms with E-state index in [0.717, 1.165) is 13.0 Å². The van der Waals surface area contributed by atoms with Gasteiger partial charge in [0.1, 0.15) is 0 Å². The lowest BCUT2D eigenvalue weighted by molar-refractivity contribution is 0.526. The van der Waals surface area contributed by atoms with Crippen LogP contribution in [0, 0.1) is 0 Å². The van der Waals surface area contributed by atoms with Crippen LogP contribution in [0.2, 0.25) is 0 Å². The maximum absolute atomic E-state index is 5.96. The molecule has 1 aromatic heterocycles. The predicted octanol–water partition coefficient (Wildman–Crippen LogP) is 3.65. The van der Waals surface area contributed by atoms with Gasteiger partial charge in [0.05, 0.1) is 6.20 Å². The van der Waals surface area contributed by atoms with Crippen molar-refractivity contribution in [3.05, 3.63) is 18.0 Å². The molecule has 1 heterocycles. The summed E-state index contributed by atoms with van der Waals surface area (Å²) in [5, 5.41) is 4.36. The molecule has 1 unspecified atom stereocenters. The Balaban J connectivity index is 2.16. The number of hydrogen-bond donors (Lipinski definition) is 1. The third-order valence-corrected chi connectivity index (χ3v) is 3.26. The van der Waals surface area contributed by atoms with Gasteiger partial charge in [0.2, 0.25) is 0 Å². The summed E-state index contributed by atoms with van der Waals surface area (Å²) in [4.78, 5) is 0. The number of rotatable bonds is 9. The van der Waals surface area contributed by atoms with Crippen LogP contribution >= 0.6 is 0 Å². The second-order valence-electron chi connectivity index (χ2n) is 4.82. The minimum absolute atomic E-state index is 0.147. The maximum atomic E-state index is 5.96. The molecule has 3 nitrogen and oxygen atoms in total. The molecule has 0 saturated carbocycles. The van der Waals surface area contributed by atoms with E-state index < -0.39 is 0 Å². The van der Waals surface area contributed by atoms with Gasteiger partial charge in [-0.05, 0) is 12.8 Å². The molecule has 0 fully saturated rings. The third-order valence-electron chi connectivity index (χ3n) is 3.26. The summed E-state index contributed by atoms with van der Waals surface area (Å²) < 4.78 is 2.03. The highest BCUT2D eigenvalue weighted by molar-refractivity contribution is 5.08. The van der Waals surface area contributed by atoms with Crippen molar-refractivity contribution in [1.82, 2.24) is 9.78 Å². The van der Waals surface area contributed by atoms with Crippen LogP contribution in [-0.2, 0) is 6.54 Å². The highest BCUT2D eigenvalue weighted by Gasteiger charge is 2.05. The van der Waals surface area contributed by atoms with Crippen molar-refractivity contribution >= 4 is 0 Å². The van der Waals surface area contributed by atoms with E-state index >= 15 is 0 Å². The van der Waals surface area contributed by atoms with Gasteiger partial charge >= 0.3 is 0 Å². The first-order chi connectivity index (χ1) is 8.27. The Kier molecular flexibility index (Phi) is 6.94. The second-order valence-corrected chi connectivity index (χ2v) is 4.82. The van der Waals surface area contributed by atoms with Gasteiger partial charge in [-0.1, -0.05) is 46.0 Å². The van der Waals surface area contributed by atoms with E-state index in [1.54, 1.807) is 0 Å². The minimum atomic E-state index is 0.147. The summed E-state index contributed by atoms with van der Waals surface area (Å²) in [6.07, 6.45) is 12.9. The zero-order chi connectivity index (χ0) is 12.5. The average molecular weight is 237 g/mol. The molecule has 3 heteroatoms. The van der Waals surface area contributed by atoms with Crippen molar-refractivity contribution in [2.75, 3.05) is 0 Å². The normalized spacial score (nSPS) is 12.9. The minimum Gasteiger partial charge on any atom is -0.324 e. The van der Waals surface area contributed by atoms with Crippen molar-refractivity contribution in [1.29, 1.82) is 0 Å². The third kappa shape index (κ3) is 5.35. The van der Waals surface area contributed by atoms with Crippen LogP contribution in [0.3, 0.4) is 0 Å². The molecule has 0 spiro atoms. The zero-order valence-corrected chi connectivity index (χ0v) is 11.4. The van der Waals surface area contributed by atoms with Crippen molar-refractivity contribution in [2.24, 2.45) is 5.73 Å². The smallest absolute Gasteiger partial charge is 0.0537 e. The van der Waals surface area contributed by atoms with Gasteiger partial charge in [0.25, 0.3) is 0 Å². The molecule has 0 aliphatic carbocycles. The van der Waals surface area contributed by atoms with E-state index in [1.807, 2.05) is 10.9 Å². The summed E-state index contributed by atoms with van der Waals surface area (Å²) in [5.41, 5.74) is 7.13. The Morgan fingerprint density at radius 1 is 1.18 bits per heavy atom. The quantitative estimate of drug-likeness (QED) is 0.666. The number of nitrogens with two attached hydrogens (primary N) is 1. The van der Waals surface area contributed by atoms with Gasteiger partial charge in [0.15, 0.2) is 0 Å². The van der Waals surface area contributed by atoms with Crippen molar-refractivity contribution in [3.8, 4) is 0 Å². The number of aryl methyl sites for hydroxylation is 1. The number of unbranched alkanes of at least 4 members (excludes halogenated alkanes) is 5. The van der Waals surface area contributed by atoms with Crippen LogP contribution in [0.15, 0.2) is 12.4 Å². The molecule has 1 rings (SSSR count). The number of nitrogens with zero attached hydrogens (tertiary/aromatic N) is 2. The van der Waals surface area contributed by atoms with Crippen LogP contribution in [0.25, 0.3) is 0 Å². The Morgan fingerprint density at radius 2 is 1.88 bits per heavy atom. The van der Waals surface area contributed by atoms with Gasteiger partial charge in [-0.25, -0.2) is 0 Å². The van der Waals surface area contributed by atoms with Gasteiger partial charge in [-0.15, -0.1) is 0 Å². The standard InChI is InChI=1S/C14H27N3/c1-3-5-6-7-8-9-10-17-12-13(11-16-17)14(15)4-2/h11-12,14H,3-10,15H2,1-2H3. The van der Waals surface area contributed by atoms with Crippen molar-refractivity contribution < 1.29 is 0 Å². The summed E-state index contributed by atoms with van der Waals surface area (Å²) in [6, 6.07) is 0.147. The molecule has 1 atom stereocenters. The maximum Gasteiger partial charge on any atom is 0.0537 e. The van der Waals surface area contributed by atoms with Gasteiger partial charge in [-0.2, -0.15) is 5.10 Å². The Labute approximate surface area is 105 Å². The highest BCUT2D eigenvalue weighted by Crippen LogP contribution is 2.12. The summed E-state index contributed by atoms with van der Waals surface area (Å²) in [6.45, 7) is 5.39. The molecule has 0 aliphatic heterocycles. The lowest BCUT2D eigenvalue weighted by atomic mass is 10.1. The van der Waals surface area contributed by atoms with Crippen molar-refractivity contribution in [2.45, 2.75) is 71.4 Å². The summed E-state index contributed by atoms with van der Waals surface area (Å²) in [5.74, 6) is 0. The molecule has 0 aromatic carbocycles. The van der Waals surface area contributed by atoms with E-state index in [2.05, 4.69) is 25.1 Å². The number of hydrogen-bond acceptors (Lipinski definition) is 2. The molecule has 0 radical (unpaired) electrons. The fourth-order valence-electron chi connectivity index (χ4n) is 1.98. The SMILES string of the molecule is CCCCCCCCn1cc(C(N)CC)cn1. The van der Waals surface area contributed by atoms with E-state index in [-0.39, 0.29) is 6.04 Å². The Bertz CT molecular complexity index is 293. The molecule has 0 saturated heterocycles. The molecule has 17 heavy (non-hydrogen) atoms. The highest BCUT2D eigenvalue weighted by atomic mass is 15.3. The van der Waals surface area contributed by atoms with Crippen LogP contribution < -0.4 is 5.73 Å². The first-order valence-electron chi connectivity index (χ1n) is 7.05. The molecule has 0 amide bonds. The lowest BCUT2D eigenvalue weighted by Crippen LogP contribution is -2.07. The molecule has 1 aromatic rings. The summed E-state index contributed by atoms with van der Waals surface area (Å²) >= 11 is 0. The van der Waals surface area contributed by atoms with Gasteiger partial charge in [0, 0.05) is 24.3 Å². The lowest BCUT2D eigenvalue weighted by Gasteiger charge is -2.04. The van der Waals surface area contributed by atoms with E-state index in [1.165, 1.54) is 44.1 Å². The van der Waals surface area contributed by atoms with E-state index in [4.69, 9.17) is 5.73 Å².